The molecule has 1 amide bonds. The number of hydrogen-bond acceptors (Lipinski definition) is 4. The average Bonchev–Trinajstić information content (AvgIpc) is 2.78. The number of nitrogens with zero attached hydrogens (tertiary/aromatic N) is 2. The highest BCUT2D eigenvalue weighted by Gasteiger charge is 2.28. The number of nitrogens with one attached hydrogen (secondary N) is 1. The molecule has 0 spiro atoms. The number of carbonyl (C=O) groups is 1. The number of aryl methyl sites for hydroxylation is 2. The lowest BCUT2D eigenvalue weighted by Gasteiger charge is -2.23. The lowest BCUT2D eigenvalue weighted by atomic mass is 10.1. The molecule has 1 N–H and O–H groups in total. The highest BCUT2D eigenvalue weighted by Crippen LogP contribution is 2.21. The molecule has 2 aromatic carbocycles. The van der Waals surface area contributed by atoms with E-state index in [4.69, 9.17) is 0 Å². The lowest BCUT2D eigenvalue weighted by molar-refractivity contribution is -0.121. The van der Waals surface area contributed by atoms with Crippen molar-refractivity contribution < 1.29 is 13.2 Å². The van der Waals surface area contributed by atoms with Crippen LogP contribution in [0.1, 0.15) is 22.3 Å². The third-order valence-electron chi connectivity index (χ3n) is 4.99. The summed E-state index contributed by atoms with van der Waals surface area (Å²) in [4.78, 5) is 16.9. The third kappa shape index (κ3) is 6.23. The monoisotopic (exact) mass is 437 g/mol. The van der Waals surface area contributed by atoms with E-state index in [9.17, 15) is 13.2 Å². The minimum absolute atomic E-state index is 0.208. The quantitative estimate of drug-likeness (QED) is 0.557. The normalized spacial score (nSPS) is 11.5. The van der Waals surface area contributed by atoms with Crippen molar-refractivity contribution in [3.05, 3.63) is 95.3 Å². The van der Waals surface area contributed by atoms with Crippen LogP contribution in [0.2, 0.25) is 0 Å². The van der Waals surface area contributed by atoms with E-state index in [0.717, 1.165) is 16.7 Å². The smallest absolute Gasteiger partial charge is 0.243 e. The summed E-state index contributed by atoms with van der Waals surface area (Å²) in [6.45, 7) is 3.88. The van der Waals surface area contributed by atoms with Gasteiger partial charge in [-0.25, -0.2) is 8.42 Å². The molecule has 0 radical (unpaired) electrons. The van der Waals surface area contributed by atoms with Crippen LogP contribution in [0.4, 0.5) is 0 Å². The number of benzene rings is 2. The molecule has 3 aromatic rings. The van der Waals surface area contributed by atoms with Crippen molar-refractivity contribution in [3.8, 4) is 0 Å². The summed E-state index contributed by atoms with van der Waals surface area (Å²) in [5.41, 5.74) is 3.38. The Labute approximate surface area is 184 Å². The molecule has 0 saturated heterocycles. The molecule has 0 aliphatic rings. The fourth-order valence-electron chi connectivity index (χ4n) is 3.23. The molecule has 0 saturated carbocycles. The van der Waals surface area contributed by atoms with Crippen molar-refractivity contribution in [1.29, 1.82) is 0 Å². The summed E-state index contributed by atoms with van der Waals surface area (Å²) in [5, 5.41) is 2.79. The Bertz CT molecular complexity index is 1120. The van der Waals surface area contributed by atoms with Crippen molar-refractivity contribution in [1.82, 2.24) is 14.6 Å². The number of carbonyl (C=O) groups excluding carboxylic acids is 1. The zero-order valence-electron chi connectivity index (χ0n) is 17.8. The molecule has 3 rings (SSSR count). The van der Waals surface area contributed by atoms with E-state index in [1.54, 1.807) is 37.5 Å². The first kappa shape index (κ1) is 22.7. The Morgan fingerprint density at radius 2 is 1.74 bits per heavy atom. The molecule has 0 bridgehead atoms. The molecule has 0 atom stereocenters. The van der Waals surface area contributed by atoms with Gasteiger partial charge in [0.2, 0.25) is 15.9 Å². The van der Waals surface area contributed by atoms with E-state index >= 15 is 0 Å². The predicted octanol–water partition coefficient (Wildman–Crippen LogP) is 3.25. The highest BCUT2D eigenvalue weighted by molar-refractivity contribution is 7.89. The molecular weight excluding hydrogens is 410 g/mol. The van der Waals surface area contributed by atoms with E-state index in [-0.39, 0.29) is 23.9 Å². The van der Waals surface area contributed by atoms with E-state index in [1.165, 1.54) is 4.31 Å². The SMILES string of the molecule is Cc1ccc(C)c(S(=O)(=O)N(CCc2ccccc2)CC(=O)NCc2cccnc2)c1. The minimum Gasteiger partial charge on any atom is -0.351 e. The van der Waals surface area contributed by atoms with Gasteiger partial charge < -0.3 is 5.32 Å². The largest absolute Gasteiger partial charge is 0.351 e. The van der Waals surface area contributed by atoms with Gasteiger partial charge in [-0.3, -0.25) is 9.78 Å². The number of hydrogen-bond donors (Lipinski definition) is 1. The van der Waals surface area contributed by atoms with Crippen molar-refractivity contribution >= 4 is 15.9 Å². The molecule has 0 aliphatic heterocycles. The summed E-state index contributed by atoms with van der Waals surface area (Å²) < 4.78 is 28.2. The number of pyridine rings is 1. The second kappa shape index (κ2) is 10.3. The first-order valence-electron chi connectivity index (χ1n) is 10.1. The van der Waals surface area contributed by atoms with Crippen molar-refractivity contribution in [2.24, 2.45) is 0 Å². The van der Waals surface area contributed by atoms with Gasteiger partial charge in [-0.15, -0.1) is 0 Å². The van der Waals surface area contributed by atoms with Crippen LogP contribution in [-0.4, -0.2) is 36.7 Å². The van der Waals surface area contributed by atoms with E-state index < -0.39 is 10.0 Å². The van der Waals surface area contributed by atoms with Crippen LogP contribution in [0.15, 0.2) is 78.0 Å². The highest BCUT2D eigenvalue weighted by atomic mass is 32.2. The van der Waals surface area contributed by atoms with Crippen molar-refractivity contribution in [2.45, 2.75) is 31.7 Å². The molecule has 6 nitrogen and oxygen atoms in total. The Morgan fingerprint density at radius 3 is 2.45 bits per heavy atom. The summed E-state index contributed by atoms with van der Waals surface area (Å²) in [6.07, 6.45) is 3.84. The lowest BCUT2D eigenvalue weighted by Crippen LogP contribution is -2.41. The minimum atomic E-state index is -3.84. The molecule has 0 aliphatic carbocycles. The standard InChI is InChI=1S/C24H27N3O3S/c1-19-10-11-20(2)23(15-19)31(29,30)27(14-12-21-7-4-3-5-8-21)18-24(28)26-17-22-9-6-13-25-16-22/h3-11,13,15-16H,12,14,17-18H2,1-2H3,(H,26,28). The van der Waals surface area contributed by atoms with Gasteiger partial charge in [0.1, 0.15) is 0 Å². The zero-order valence-corrected chi connectivity index (χ0v) is 18.6. The maximum Gasteiger partial charge on any atom is 0.243 e. The van der Waals surface area contributed by atoms with Crippen LogP contribution in [0.3, 0.4) is 0 Å². The summed E-state index contributed by atoms with van der Waals surface area (Å²) >= 11 is 0. The van der Waals surface area contributed by atoms with E-state index in [0.29, 0.717) is 18.5 Å². The summed E-state index contributed by atoms with van der Waals surface area (Å²) in [7, 11) is -3.84. The summed E-state index contributed by atoms with van der Waals surface area (Å²) in [5.74, 6) is -0.356. The summed E-state index contributed by atoms with van der Waals surface area (Å²) in [6, 6.07) is 18.6. The topological polar surface area (TPSA) is 79.4 Å². The van der Waals surface area contributed by atoms with Crippen LogP contribution in [0.5, 0.6) is 0 Å². The van der Waals surface area contributed by atoms with Gasteiger partial charge in [0.05, 0.1) is 11.4 Å². The number of aromatic nitrogens is 1. The fraction of sp³-hybridized carbons (Fsp3) is 0.250. The second-order valence-electron chi connectivity index (χ2n) is 7.48. The zero-order chi connectivity index (χ0) is 22.3. The molecule has 162 valence electrons. The van der Waals surface area contributed by atoms with Crippen molar-refractivity contribution in [3.63, 3.8) is 0 Å². The van der Waals surface area contributed by atoms with Gasteiger partial charge in [-0.05, 0) is 54.7 Å². The van der Waals surface area contributed by atoms with Gasteiger partial charge in [0, 0.05) is 25.5 Å². The maximum absolute atomic E-state index is 13.5. The Kier molecular flexibility index (Phi) is 7.55. The number of amides is 1. The molecule has 31 heavy (non-hydrogen) atoms. The average molecular weight is 438 g/mol. The molecule has 0 unspecified atom stereocenters. The van der Waals surface area contributed by atoms with Crippen LogP contribution in [-0.2, 0) is 27.8 Å². The van der Waals surface area contributed by atoms with Crippen LogP contribution >= 0.6 is 0 Å². The maximum atomic E-state index is 13.5. The first-order chi connectivity index (χ1) is 14.9. The van der Waals surface area contributed by atoms with Crippen LogP contribution < -0.4 is 5.32 Å². The molecular formula is C24H27N3O3S. The Morgan fingerprint density at radius 1 is 1.00 bits per heavy atom. The Hall–Kier alpha value is -3.03. The molecule has 7 heteroatoms. The van der Waals surface area contributed by atoms with Gasteiger partial charge in [0.15, 0.2) is 0 Å². The van der Waals surface area contributed by atoms with Crippen LogP contribution in [0, 0.1) is 13.8 Å². The van der Waals surface area contributed by atoms with Gasteiger partial charge in [0.25, 0.3) is 0 Å². The Balaban J connectivity index is 1.79. The van der Waals surface area contributed by atoms with Gasteiger partial charge in [-0.2, -0.15) is 4.31 Å². The second-order valence-corrected chi connectivity index (χ2v) is 9.39. The predicted molar refractivity (Wildman–Crippen MR) is 121 cm³/mol. The first-order valence-corrected chi connectivity index (χ1v) is 11.6. The van der Waals surface area contributed by atoms with E-state index in [1.807, 2.05) is 49.4 Å². The number of sulfonamides is 1. The van der Waals surface area contributed by atoms with Crippen molar-refractivity contribution in [2.75, 3.05) is 13.1 Å². The van der Waals surface area contributed by atoms with E-state index in [2.05, 4.69) is 10.3 Å². The third-order valence-corrected chi connectivity index (χ3v) is 6.97. The number of rotatable bonds is 9. The fourth-order valence-corrected chi connectivity index (χ4v) is 4.93. The molecule has 1 aromatic heterocycles. The molecule has 0 fully saturated rings. The van der Waals surface area contributed by atoms with Gasteiger partial charge in [-0.1, -0.05) is 48.5 Å². The van der Waals surface area contributed by atoms with Crippen LogP contribution in [0.25, 0.3) is 0 Å². The van der Waals surface area contributed by atoms with Gasteiger partial charge >= 0.3 is 0 Å². The molecule has 1 heterocycles.